The predicted molar refractivity (Wildman–Crippen MR) is 108 cm³/mol. The van der Waals surface area contributed by atoms with Crippen LogP contribution in [0.3, 0.4) is 0 Å². The lowest BCUT2D eigenvalue weighted by Crippen LogP contribution is -2.38. The van der Waals surface area contributed by atoms with Crippen LogP contribution in [0.4, 0.5) is 0 Å². The molecular weight excluding hydrogens is 364 g/mol. The molecule has 1 aliphatic carbocycles. The Balaban J connectivity index is 1.69. The fourth-order valence-electron chi connectivity index (χ4n) is 4.28. The molecule has 1 aromatic carbocycles. The topological polar surface area (TPSA) is 50.8 Å². The van der Waals surface area contributed by atoms with Crippen LogP contribution in [0.2, 0.25) is 5.02 Å². The summed E-state index contributed by atoms with van der Waals surface area (Å²) in [5.74, 6) is 2.80. The Morgan fingerprint density at radius 3 is 2.67 bits per heavy atom. The average Bonchev–Trinajstić information content (AvgIpc) is 3.06. The predicted octanol–water partition coefficient (Wildman–Crippen LogP) is 3.87. The van der Waals surface area contributed by atoms with Gasteiger partial charge < -0.3 is 14.8 Å². The maximum atomic E-state index is 11.7. The third-order valence-electron chi connectivity index (χ3n) is 5.74. The molecule has 0 bridgehead atoms. The smallest absolute Gasteiger partial charge is 0.220 e. The van der Waals surface area contributed by atoms with E-state index >= 15 is 0 Å². The molecule has 1 heterocycles. The van der Waals surface area contributed by atoms with Gasteiger partial charge in [-0.1, -0.05) is 18.5 Å². The Morgan fingerprint density at radius 1 is 1.19 bits per heavy atom. The molecule has 2 aliphatic rings. The highest BCUT2D eigenvalue weighted by atomic mass is 35.5. The zero-order valence-electron chi connectivity index (χ0n) is 16.6. The molecule has 3 atom stereocenters. The summed E-state index contributed by atoms with van der Waals surface area (Å²) in [4.78, 5) is 14.0. The van der Waals surface area contributed by atoms with Crippen LogP contribution in [-0.2, 0) is 11.3 Å². The van der Waals surface area contributed by atoms with Crippen LogP contribution in [0.1, 0.15) is 45.1 Å². The van der Waals surface area contributed by atoms with Crippen molar-refractivity contribution in [2.75, 3.05) is 26.8 Å². The number of halogens is 1. The number of nitrogens with one attached hydrogen (secondary N) is 1. The van der Waals surface area contributed by atoms with Gasteiger partial charge in [0, 0.05) is 36.6 Å². The second-order valence-corrected chi connectivity index (χ2v) is 8.15. The molecule has 0 radical (unpaired) electrons. The van der Waals surface area contributed by atoms with Gasteiger partial charge in [0.1, 0.15) is 0 Å². The van der Waals surface area contributed by atoms with Crippen LogP contribution in [0.5, 0.6) is 11.5 Å². The van der Waals surface area contributed by atoms with Crippen LogP contribution >= 0.6 is 11.6 Å². The van der Waals surface area contributed by atoms with Crippen molar-refractivity contribution in [2.45, 2.75) is 52.1 Å². The molecule has 27 heavy (non-hydrogen) atoms. The highest BCUT2D eigenvalue weighted by molar-refractivity contribution is 6.31. The van der Waals surface area contributed by atoms with Crippen LogP contribution in [0.15, 0.2) is 12.1 Å². The van der Waals surface area contributed by atoms with E-state index in [9.17, 15) is 4.79 Å². The Kier molecular flexibility index (Phi) is 6.88. The monoisotopic (exact) mass is 394 g/mol. The minimum atomic E-state index is 0.201. The lowest BCUT2D eigenvalue weighted by molar-refractivity contribution is -0.124. The van der Waals surface area contributed by atoms with Crippen molar-refractivity contribution in [3.8, 4) is 11.5 Å². The van der Waals surface area contributed by atoms with Gasteiger partial charge in [-0.2, -0.15) is 0 Å². The zero-order valence-corrected chi connectivity index (χ0v) is 17.3. The molecule has 0 aromatic heterocycles. The second kappa shape index (κ2) is 9.16. The van der Waals surface area contributed by atoms with Crippen LogP contribution in [-0.4, -0.2) is 43.7 Å². The van der Waals surface area contributed by atoms with E-state index in [0.29, 0.717) is 48.3 Å². The quantitative estimate of drug-likeness (QED) is 0.727. The number of fused-ring (bicyclic) bond motifs is 1. The van der Waals surface area contributed by atoms with Gasteiger partial charge in [-0.3, -0.25) is 9.69 Å². The molecule has 5 nitrogen and oxygen atoms in total. The number of amides is 1. The molecule has 6 heteroatoms. The summed E-state index contributed by atoms with van der Waals surface area (Å²) in [6, 6.07) is 4.37. The number of hydrogen-bond donors (Lipinski definition) is 1. The largest absolute Gasteiger partial charge is 0.490 e. The number of piperidine rings is 1. The van der Waals surface area contributed by atoms with E-state index < -0.39 is 0 Å². The van der Waals surface area contributed by atoms with Crippen molar-refractivity contribution < 1.29 is 14.3 Å². The Bertz CT molecular complexity index is 667. The van der Waals surface area contributed by atoms with Gasteiger partial charge in [0.25, 0.3) is 0 Å². The third kappa shape index (κ3) is 4.88. The summed E-state index contributed by atoms with van der Waals surface area (Å²) in [7, 11) is 2.15. The summed E-state index contributed by atoms with van der Waals surface area (Å²) in [5.41, 5.74) is 1.05. The number of carbonyl (C=O) groups is 1. The standard InChI is InChI=1S/C21H31ClN2O3/c1-4-6-27-20-11-18(22)16(9-19(20)26-5-2)13-24(3)17-7-14-10-21(25)23-12-15(14)8-17/h9,11,14-15,17H,4-8,10,12-13H2,1-3H3,(H,23,25)/t14-,15+,17-/m0/s1. The summed E-state index contributed by atoms with van der Waals surface area (Å²) in [5, 5.41) is 3.72. The number of hydrogen-bond acceptors (Lipinski definition) is 4. The minimum Gasteiger partial charge on any atom is -0.490 e. The molecule has 1 aromatic rings. The van der Waals surface area contributed by atoms with Crippen LogP contribution in [0, 0.1) is 11.8 Å². The maximum absolute atomic E-state index is 11.7. The summed E-state index contributed by atoms with van der Waals surface area (Å²) < 4.78 is 11.6. The third-order valence-corrected chi connectivity index (χ3v) is 6.09. The van der Waals surface area contributed by atoms with E-state index in [1.54, 1.807) is 0 Å². The van der Waals surface area contributed by atoms with Crippen molar-refractivity contribution in [3.05, 3.63) is 22.7 Å². The first kappa shape index (κ1) is 20.3. The molecule has 0 spiro atoms. The van der Waals surface area contributed by atoms with Gasteiger partial charge in [0.15, 0.2) is 11.5 Å². The summed E-state index contributed by atoms with van der Waals surface area (Å²) >= 11 is 6.56. The van der Waals surface area contributed by atoms with E-state index in [1.165, 1.54) is 0 Å². The van der Waals surface area contributed by atoms with E-state index in [2.05, 4.69) is 24.2 Å². The lowest BCUT2D eigenvalue weighted by Gasteiger charge is -2.25. The van der Waals surface area contributed by atoms with Crippen molar-refractivity contribution in [1.29, 1.82) is 0 Å². The van der Waals surface area contributed by atoms with Crippen molar-refractivity contribution in [2.24, 2.45) is 11.8 Å². The fraction of sp³-hybridized carbons (Fsp3) is 0.667. The van der Waals surface area contributed by atoms with Gasteiger partial charge in [-0.25, -0.2) is 0 Å². The van der Waals surface area contributed by atoms with Crippen LogP contribution < -0.4 is 14.8 Å². The first-order chi connectivity index (χ1) is 13.0. The Hall–Kier alpha value is -1.46. The van der Waals surface area contributed by atoms with Crippen molar-refractivity contribution in [1.82, 2.24) is 10.2 Å². The highest BCUT2D eigenvalue weighted by Crippen LogP contribution is 2.39. The SMILES string of the molecule is CCCOc1cc(Cl)c(CN(C)[C@H]2C[C@H]3CC(=O)NC[C@H]3C2)cc1OCC. The molecule has 3 rings (SSSR count). The molecule has 1 saturated carbocycles. The molecule has 1 amide bonds. The number of carbonyl (C=O) groups excluding carboxylic acids is 1. The van der Waals surface area contributed by atoms with E-state index in [4.69, 9.17) is 21.1 Å². The molecule has 0 unspecified atom stereocenters. The molecule has 1 N–H and O–H groups in total. The van der Waals surface area contributed by atoms with E-state index in [0.717, 1.165) is 43.7 Å². The summed E-state index contributed by atoms with van der Waals surface area (Å²) in [6.45, 7) is 6.87. The first-order valence-electron chi connectivity index (χ1n) is 10.1. The molecule has 2 fully saturated rings. The zero-order chi connectivity index (χ0) is 19.4. The van der Waals surface area contributed by atoms with Gasteiger partial charge >= 0.3 is 0 Å². The van der Waals surface area contributed by atoms with Crippen molar-refractivity contribution in [3.63, 3.8) is 0 Å². The van der Waals surface area contributed by atoms with Crippen molar-refractivity contribution >= 4 is 17.5 Å². The Labute approximate surface area is 167 Å². The van der Waals surface area contributed by atoms with E-state index in [1.807, 2.05) is 19.1 Å². The minimum absolute atomic E-state index is 0.201. The normalized spacial score (nSPS) is 24.6. The number of ether oxygens (including phenoxy) is 2. The molecule has 1 saturated heterocycles. The average molecular weight is 395 g/mol. The second-order valence-electron chi connectivity index (χ2n) is 7.74. The fourth-order valence-corrected chi connectivity index (χ4v) is 4.50. The first-order valence-corrected chi connectivity index (χ1v) is 10.4. The highest BCUT2D eigenvalue weighted by Gasteiger charge is 2.39. The molecular formula is C21H31ClN2O3. The van der Waals surface area contributed by atoms with E-state index in [-0.39, 0.29) is 5.91 Å². The number of nitrogens with zero attached hydrogens (tertiary/aromatic N) is 1. The molecule has 150 valence electrons. The van der Waals surface area contributed by atoms with Gasteiger partial charge in [0.2, 0.25) is 5.91 Å². The number of benzene rings is 1. The van der Waals surface area contributed by atoms with Gasteiger partial charge in [-0.05, 0) is 56.7 Å². The van der Waals surface area contributed by atoms with Gasteiger partial charge in [0.05, 0.1) is 13.2 Å². The maximum Gasteiger partial charge on any atom is 0.220 e. The summed E-state index contributed by atoms with van der Waals surface area (Å²) in [6.07, 6.45) is 3.83. The van der Waals surface area contributed by atoms with Crippen LogP contribution in [0.25, 0.3) is 0 Å². The molecule has 1 aliphatic heterocycles. The lowest BCUT2D eigenvalue weighted by atomic mass is 9.89. The van der Waals surface area contributed by atoms with Gasteiger partial charge in [-0.15, -0.1) is 0 Å². The number of rotatable bonds is 8. The Morgan fingerprint density at radius 2 is 1.93 bits per heavy atom.